The zero-order chi connectivity index (χ0) is 27.5. The fourth-order valence-corrected chi connectivity index (χ4v) is 5.31. The monoisotopic (exact) mass is 535 g/mol. The number of hydrogen-bond donors (Lipinski definition) is 1. The molecule has 4 heterocycles. The number of fused-ring (bicyclic) bond motifs is 3. The van der Waals surface area contributed by atoms with Gasteiger partial charge in [-0.3, -0.25) is 14.2 Å². The summed E-state index contributed by atoms with van der Waals surface area (Å²) in [5.41, 5.74) is 2.12. The van der Waals surface area contributed by atoms with Gasteiger partial charge in [0, 0.05) is 25.7 Å². The maximum Gasteiger partial charge on any atom is 0.413 e. The summed E-state index contributed by atoms with van der Waals surface area (Å²) in [6.07, 6.45) is -2.39. The minimum absolute atomic E-state index is 0.00670. The largest absolute Gasteiger partial charge is 0.478 e. The highest BCUT2D eigenvalue weighted by molar-refractivity contribution is 5.82. The number of anilines is 2. The molecule has 3 aliphatic heterocycles. The van der Waals surface area contributed by atoms with Gasteiger partial charge in [0.25, 0.3) is 11.5 Å². The van der Waals surface area contributed by atoms with E-state index in [1.54, 1.807) is 38.1 Å². The third kappa shape index (κ3) is 4.70. The van der Waals surface area contributed by atoms with Crippen molar-refractivity contribution in [2.24, 2.45) is 5.73 Å². The Morgan fingerprint density at radius 2 is 1.82 bits per heavy atom. The van der Waals surface area contributed by atoms with Crippen molar-refractivity contribution >= 4 is 17.7 Å². The van der Waals surface area contributed by atoms with Crippen molar-refractivity contribution < 1.29 is 27.4 Å². The SMILES string of the molecule is CC(C)(Oc1ccc(CCN2c3nc(N4CC5CCC(C4)O5)cc(=O)n3CC2(C)C(F)(F)F)cc1)C(N)=O. The smallest absolute Gasteiger partial charge is 0.413 e. The van der Waals surface area contributed by atoms with Gasteiger partial charge in [-0.2, -0.15) is 18.2 Å². The summed E-state index contributed by atoms with van der Waals surface area (Å²) in [6, 6.07) is 8.09. The number of morpholine rings is 1. The molecule has 9 nitrogen and oxygen atoms in total. The lowest BCUT2D eigenvalue weighted by atomic mass is 10.00. The number of amides is 1. The first-order valence-electron chi connectivity index (χ1n) is 12.7. The fraction of sp³-hybridized carbons (Fsp3) is 0.577. The molecule has 1 amide bonds. The summed E-state index contributed by atoms with van der Waals surface area (Å²) >= 11 is 0. The van der Waals surface area contributed by atoms with Crippen LogP contribution in [0.4, 0.5) is 24.9 Å². The Labute approximate surface area is 218 Å². The highest BCUT2D eigenvalue weighted by Crippen LogP contribution is 2.43. The van der Waals surface area contributed by atoms with Gasteiger partial charge in [-0.1, -0.05) is 12.1 Å². The summed E-state index contributed by atoms with van der Waals surface area (Å²) in [5, 5.41) is 0. The van der Waals surface area contributed by atoms with E-state index in [1.165, 1.54) is 11.0 Å². The van der Waals surface area contributed by atoms with Crippen LogP contribution < -0.4 is 25.8 Å². The molecule has 38 heavy (non-hydrogen) atoms. The van der Waals surface area contributed by atoms with Gasteiger partial charge in [-0.05, 0) is 57.7 Å². The maximum absolute atomic E-state index is 14.4. The number of carbonyl (C=O) groups excluding carboxylic acids is 1. The van der Waals surface area contributed by atoms with Gasteiger partial charge in [0.05, 0.1) is 18.8 Å². The molecule has 0 radical (unpaired) electrons. The number of ether oxygens (including phenoxy) is 2. The van der Waals surface area contributed by atoms with Crippen LogP contribution in [-0.2, 0) is 22.5 Å². The molecule has 2 bridgehead atoms. The molecular weight excluding hydrogens is 503 g/mol. The lowest BCUT2D eigenvalue weighted by molar-refractivity contribution is -0.182. The first-order chi connectivity index (χ1) is 17.8. The molecule has 2 fully saturated rings. The molecule has 0 aliphatic carbocycles. The summed E-state index contributed by atoms with van der Waals surface area (Å²) in [5.74, 6) is 0.208. The standard InChI is InChI=1S/C26H32F3N5O4/c1-24(2,22(30)36)38-17-6-4-16(5-7-17)10-11-34-23-31-20(32-13-18-8-9-19(14-32)37-18)12-21(35)33(23)15-25(34,3)26(27,28)29/h4-7,12,18-19H,8-11,13-15H2,1-3H3,(H2,30,36). The van der Waals surface area contributed by atoms with E-state index in [0.717, 1.165) is 29.9 Å². The number of hydrogen-bond acceptors (Lipinski definition) is 7. The molecule has 12 heteroatoms. The first kappa shape index (κ1) is 26.3. The molecule has 1 aromatic carbocycles. The molecule has 1 aromatic heterocycles. The van der Waals surface area contributed by atoms with Crippen LogP contribution in [0.3, 0.4) is 0 Å². The van der Waals surface area contributed by atoms with Crippen LogP contribution >= 0.6 is 0 Å². The van der Waals surface area contributed by atoms with Crippen LogP contribution in [0.2, 0.25) is 0 Å². The Morgan fingerprint density at radius 1 is 1.18 bits per heavy atom. The van der Waals surface area contributed by atoms with Gasteiger partial charge in [0.1, 0.15) is 11.6 Å². The number of alkyl halides is 3. The Bertz CT molecular complexity index is 1270. The maximum atomic E-state index is 14.4. The number of aromatic nitrogens is 2. The average Bonchev–Trinajstić information content (AvgIpc) is 3.34. The van der Waals surface area contributed by atoms with Crippen LogP contribution in [0.15, 0.2) is 35.1 Å². The number of carbonyl (C=O) groups is 1. The minimum atomic E-state index is -4.59. The van der Waals surface area contributed by atoms with Crippen molar-refractivity contribution in [3.8, 4) is 5.75 Å². The van der Waals surface area contributed by atoms with E-state index in [1.807, 2.05) is 4.90 Å². The zero-order valence-corrected chi connectivity index (χ0v) is 21.6. The predicted molar refractivity (Wildman–Crippen MR) is 134 cm³/mol. The third-order valence-electron chi connectivity index (χ3n) is 7.77. The van der Waals surface area contributed by atoms with E-state index >= 15 is 0 Å². The van der Waals surface area contributed by atoms with Crippen molar-refractivity contribution in [2.45, 2.75) is 76.1 Å². The number of rotatable bonds is 7. The van der Waals surface area contributed by atoms with Gasteiger partial charge in [-0.25, -0.2) is 0 Å². The normalized spacial score (nSPS) is 25.0. The number of nitrogens with two attached hydrogens (primary N) is 1. The first-order valence-corrected chi connectivity index (χ1v) is 12.7. The summed E-state index contributed by atoms with van der Waals surface area (Å²) in [4.78, 5) is 32.3. The van der Waals surface area contributed by atoms with E-state index in [2.05, 4.69) is 4.98 Å². The number of nitrogens with zero attached hydrogens (tertiary/aromatic N) is 4. The van der Waals surface area contributed by atoms with Gasteiger partial charge in [-0.15, -0.1) is 0 Å². The number of primary amides is 1. The second-order valence-corrected chi connectivity index (χ2v) is 11.0. The van der Waals surface area contributed by atoms with Crippen molar-refractivity contribution in [2.75, 3.05) is 29.4 Å². The molecule has 206 valence electrons. The van der Waals surface area contributed by atoms with E-state index in [0.29, 0.717) is 24.7 Å². The van der Waals surface area contributed by atoms with Crippen LogP contribution in [-0.4, -0.2) is 64.6 Å². The molecule has 3 aliphatic rings. The summed E-state index contributed by atoms with van der Waals surface area (Å²) in [7, 11) is 0. The zero-order valence-electron chi connectivity index (χ0n) is 21.6. The molecule has 5 rings (SSSR count). The van der Waals surface area contributed by atoms with Gasteiger partial charge in [0.15, 0.2) is 11.1 Å². The van der Waals surface area contributed by atoms with Crippen LogP contribution in [0.25, 0.3) is 0 Å². The second-order valence-electron chi connectivity index (χ2n) is 11.0. The molecule has 3 unspecified atom stereocenters. The molecule has 3 atom stereocenters. The Hall–Kier alpha value is -3.28. The number of benzene rings is 1. The molecule has 0 spiro atoms. The average molecular weight is 536 g/mol. The number of halogens is 3. The third-order valence-corrected chi connectivity index (χ3v) is 7.77. The topological polar surface area (TPSA) is 103 Å². The van der Waals surface area contributed by atoms with E-state index in [4.69, 9.17) is 15.2 Å². The summed E-state index contributed by atoms with van der Waals surface area (Å²) in [6.45, 7) is 4.80. The van der Waals surface area contributed by atoms with Crippen LogP contribution in [0.5, 0.6) is 5.75 Å². The van der Waals surface area contributed by atoms with Crippen LogP contribution in [0, 0.1) is 0 Å². The second kappa shape index (κ2) is 9.18. The highest BCUT2D eigenvalue weighted by Gasteiger charge is 2.59. The molecule has 2 N–H and O–H groups in total. The van der Waals surface area contributed by atoms with Gasteiger partial charge in [0.2, 0.25) is 5.95 Å². The predicted octanol–water partition coefficient (Wildman–Crippen LogP) is 2.64. The van der Waals surface area contributed by atoms with Crippen molar-refractivity contribution in [1.82, 2.24) is 9.55 Å². The van der Waals surface area contributed by atoms with Crippen LogP contribution in [0.1, 0.15) is 39.2 Å². The highest BCUT2D eigenvalue weighted by atomic mass is 19.4. The van der Waals surface area contributed by atoms with Gasteiger partial charge < -0.3 is 25.0 Å². The van der Waals surface area contributed by atoms with Crippen molar-refractivity contribution in [3.05, 3.63) is 46.2 Å². The van der Waals surface area contributed by atoms with E-state index in [9.17, 15) is 22.8 Å². The van der Waals surface area contributed by atoms with E-state index in [-0.39, 0.29) is 31.1 Å². The van der Waals surface area contributed by atoms with Crippen molar-refractivity contribution in [1.29, 1.82) is 0 Å². The Morgan fingerprint density at radius 3 is 2.39 bits per heavy atom. The quantitative estimate of drug-likeness (QED) is 0.582. The van der Waals surface area contributed by atoms with Crippen molar-refractivity contribution in [3.63, 3.8) is 0 Å². The summed E-state index contributed by atoms with van der Waals surface area (Å²) < 4.78 is 55.8. The minimum Gasteiger partial charge on any atom is -0.478 e. The van der Waals surface area contributed by atoms with Gasteiger partial charge >= 0.3 is 6.18 Å². The molecular formula is C26H32F3N5O4. The lowest BCUT2D eigenvalue weighted by Crippen LogP contribution is -2.56. The Kier molecular flexibility index (Phi) is 6.36. The Balaban J connectivity index is 1.40. The molecule has 2 aromatic rings. The lowest BCUT2D eigenvalue weighted by Gasteiger charge is -2.37. The molecule has 0 saturated carbocycles. The fourth-order valence-electron chi connectivity index (χ4n) is 5.31. The molecule has 2 saturated heterocycles. The van der Waals surface area contributed by atoms with E-state index < -0.39 is 35.3 Å².